The number of sulfone groups is 2. The molecule has 0 radical (unpaired) electrons. The van der Waals surface area contributed by atoms with Gasteiger partial charge in [-0.1, -0.05) is 0 Å². The molecule has 0 saturated heterocycles. The average molecular weight is 257 g/mol. The summed E-state index contributed by atoms with van der Waals surface area (Å²) in [6.45, 7) is 3.74. The molecule has 0 aromatic carbocycles. The molecule has 0 unspecified atom stereocenters. The Bertz CT molecular complexity index is 394. The summed E-state index contributed by atoms with van der Waals surface area (Å²) in [5.74, 6) is 0.0207. The van der Waals surface area contributed by atoms with Crippen molar-refractivity contribution < 1.29 is 16.8 Å². The van der Waals surface area contributed by atoms with E-state index >= 15 is 0 Å². The quantitative estimate of drug-likeness (QED) is 0.645. The summed E-state index contributed by atoms with van der Waals surface area (Å²) >= 11 is 0. The fourth-order valence-electron chi connectivity index (χ4n) is 0.778. The molecule has 0 atom stereocenters. The number of rotatable bonds is 6. The Hall–Kier alpha value is -0.140. The van der Waals surface area contributed by atoms with Crippen LogP contribution in [0.15, 0.2) is 0 Å². The molecule has 92 valence electrons. The zero-order valence-electron chi connectivity index (χ0n) is 9.57. The second-order valence-electron chi connectivity index (χ2n) is 4.34. The van der Waals surface area contributed by atoms with Crippen LogP contribution in [0.2, 0.25) is 0 Å². The molecule has 0 aliphatic heterocycles. The molecule has 0 rings (SSSR count). The van der Waals surface area contributed by atoms with Crippen LogP contribution < -0.4 is 5.32 Å². The zero-order valence-corrected chi connectivity index (χ0v) is 11.2. The number of hydrogen-bond donors (Lipinski definition) is 1. The smallest absolute Gasteiger partial charge is 0.153 e. The Balaban J connectivity index is 4.09. The Morgan fingerprint density at radius 1 is 1.07 bits per heavy atom. The fraction of sp³-hybridized carbons (Fsp3) is 1.00. The molecule has 0 aromatic heterocycles. The van der Waals surface area contributed by atoms with Gasteiger partial charge in [0.1, 0.15) is 9.84 Å². The molecule has 0 heterocycles. The van der Waals surface area contributed by atoms with E-state index in [1.807, 2.05) is 0 Å². The molecule has 7 heteroatoms. The van der Waals surface area contributed by atoms with Gasteiger partial charge >= 0.3 is 0 Å². The van der Waals surface area contributed by atoms with Gasteiger partial charge in [0.25, 0.3) is 0 Å². The van der Waals surface area contributed by atoms with Crippen LogP contribution >= 0.6 is 0 Å². The maximum atomic E-state index is 11.3. The maximum Gasteiger partial charge on any atom is 0.153 e. The lowest BCUT2D eigenvalue weighted by Crippen LogP contribution is -2.42. The molecule has 1 N–H and O–H groups in total. The van der Waals surface area contributed by atoms with E-state index < -0.39 is 24.4 Å². The minimum absolute atomic E-state index is 0.0207. The summed E-state index contributed by atoms with van der Waals surface area (Å²) in [6.07, 6.45) is 2.32. The van der Waals surface area contributed by atoms with Crippen molar-refractivity contribution in [3.05, 3.63) is 0 Å². The van der Waals surface area contributed by atoms with Crippen LogP contribution in [0.4, 0.5) is 0 Å². The van der Waals surface area contributed by atoms with Crippen molar-refractivity contribution in [2.75, 3.05) is 31.4 Å². The van der Waals surface area contributed by atoms with Crippen LogP contribution in [0.5, 0.6) is 0 Å². The van der Waals surface area contributed by atoms with Gasteiger partial charge in [-0.2, -0.15) is 0 Å². The van der Waals surface area contributed by atoms with Crippen LogP contribution in [0, 0.1) is 0 Å². The summed E-state index contributed by atoms with van der Waals surface area (Å²) in [5, 5.41) is 2.83. The van der Waals surface area contributed by atoms with Gasteiger partial charge in [-0.15, -0.1) is 0 Å². The Morgan fingerprint density at radius 2 is 1.53 bits per heavy atom. The third-order valence-electron chi connectivity index (χ3n) is 2.20. The lowest BCUT2D eigenvalue weighted by atomic mass is 10.2. The van der Waals surface area contributed by atoms with Crippen LogP contribution in [-0.2, 0) is 19.7 Å². The van der Waals surface area contributed by atoms with Gasteiger partial charge in [-0.3, -0.25) is 0 Å². The van der Waals surface area contributed by atoms with Gasteiger partial charge < -0.3 is 5.32 Å². The van der Waals surface area contributed by atoms with Gasteiger partial charge in [0.05, 0.1) is 10.5 Å². The van der Waals surface area contributed by atoms with Gasteiger partial charge in [-0.25, -0.2) is 16.8 Å². The van der Waals surface area contributed by atoms with Crippen molar-refractivity contribution in [2.24, 2.45) is 0 Å². The average Bonchev–Trinajstić information content (AvgIpc) is 1.94. The number of hydrogen-bond acceptors (Lipinski definition) is 5. The lowest BCUT2D eigenvalue weighted by Gasteiger charge is -2.22. The Labute approximate surface area is 92.1 Å². The van der Waals surface area contributed by atoms with E-state index in [4.69, 9.17) is 0 Å². The molecule has 0 bridgehead atoms. The fourth-order valence-corrected chi connectivity index (χ4v) is 1.66. The van der Waals surface area contributed by atoms with E-state index in [1.165, 1.54) is 6.26 Å². The molecular weight excluding hydrogens is 238 g/mol. The summed E-state index contributed by atoms with van der Waals surface area (Å²) < 4.78 is 43.3. The first-order chi connectivity index (χ1) is 6.46. The highest BCUT2D eigenvalue weighted by molar-refractivity contribution is 7.92. The second kappa shape index (κ2) is 4.80. The predicted molar refractivity (Wildman–Crippen MR) is 61.5 cm³/mol. The van der Waals surface area contributed by atoms with Crippen molar-refractivity contribution in [1.82, 2.24) is 5.32 Å². The number of nitrogens with one attached hydrogen (secondary N) is 1. The monoisotopic (exact) mass is 257 g/mol. The maximum absolute atomic E-state index is 11.3. The van der Waals surface area contributed by atoms with E-state index in [0.717, 1.165) is 6.26 Å². The first-order valence-corrected chi connectivity index (χ1v) is 8.49. The van der Waals surface area contributed by atoms with Crippen molar-refractivity contribution in [3.63, 3.8) is 0 Å². The third kappa shape index (κ3) is 6.11. The van der Waals surface area contributed by atoms with E-state index in [0.29, 0.717) is 0 Å². The summed E-state index contributed by atoms with van der Waals surface area (Å²) in [4.78, 5) is 0. The Morgan fingerprint density at radius 3 is 1.87 bits per heavy atom. The first kappa shape index (κ1) is 14.9. The third-order valence-corrected chi connectivity index (χ3v) is 5.30. The SMILES string of the molecule is CC(C)(CNCCS(C)(=O)=O)S(C)(=O)=O. The summed E-state index contributed by atoms with van der Waals surface area (Å²) in [6, 6.07) is 0. The van der Waals surface area contributed by atoms with Gasteiger partial charge in [0.2, 0.25) is 0 Å². The van der Waals surface area contributed by atoms with Gasteiger partial charge in [0.15, 0.2) is 9.84 Å². The zero-order chi connectivity index (χ0) is 12.3. The normalized spacial score (nSPS) is 14.1. The molecule has 0 spiro atoms. The molecule has 0 aromatic rings. The largest absolute Gasteiger partial charge is 0.314 e. The topological polar surface area (TPSA) is 80.3 Å². The van der Waals surface area contributed by atoms with Gasteiger partial charge in [0, 0.05) is 25.6 Å². The molecule has 0 fully saturated rings. The van der Waals surface area contributed by atoms with Crippen LogP contribution in [0.1, 0.15) is 13.8 Å². The van der Waals surface area contributed by atoms with Crippen molar-refractivity contribution in [2.45, 2.75) is 18.6 Å². The van der Waals surface area contributed by atoms with Crippen LogP contribution in [0.25, 0.3) is 0 Å². The summed E-state index contributed by atoms with van der Waals surface area (Å²) in [7, 11) is -6.12. The van der Waals surface area contributed by atoms with E-state index in [-0.39, 0.29) is 18.8 Å². The highest BCUT2D eigenvalue weighted by Gasteiger charge is 2.29. The van der Waals surface area contributed by atoms with E-state index in [1.54, 1.807) is 13.8 Å². The predicted octanol–water partition coefficient (Wildman–Crippen LogP) is -0.556. The molecule has 0 saturated carbocycles. The van der Waals surface area contributed by atoms with E-state index in [2.05, 4.69) is 5.32 Å². The van der Waals surface area contributed by atoms with Crippen molar-refractivity contribution in [1.29, 1.82) is 0 Å². The molecule has 15 heavy (non-hydrogen) atoms. The molecule has 0 aliphatic carbocycles. The van der Waals surface area contributed by atoms with Crippen LogP contribution in [0.3, 0.4) is 0 Å². The van der Waals surface area contributed by atoms with Gasteiger partial charge in [-0.05, 0) is 13.8 Å². The highest BCUT2D eigenvalue weighted by Crippen LogP contribution is 2.12. The molecule has 0 aliphatic rings. The van der Waals surface area contributed by atoms with Crippen molar-refractivity contribution in [3.8, 4) is 0 Å². The minimum Gasteiger partial charge on any atom is -0.314 e. The molecule has 5 nitrogen and oxygen atoms in total. The lowest BCUT2D eigenvalue weighted by molar-refractivity contribution is 0.526. The standard InChI is InChI=1S/C8H19NO4S2/c1-8(2,15(4,12)13)7-9-5-6-14(3,10)11/h9H,5-7H2,1-4H3. The van der Waals surface area contributed by atoms with Crippen LogP contribution in [-0.4, -0.2) is 52.9 Å². The minimum atomic E-state index is -3.13. The highest BCUT2D eigenvalue weighted by atomic mass is 32.2. The van der Waals surface area contributed by atoms with Crippen molar-refractivity contribution >= 4 is 19.7 Å². The molecule has 0 amide bonds. The second-order valence-corrected chi connectivity index (χ2v) is 9.25. The Kier molecular flexibility index (Phi) is 4.75. The van der Waals surface area contributed by atoms with E-state index in [9.17, 15) is 16.8 Å². The first-order valence-electron chi connectivity index (χ1n) is 4.54. The molecular formula is C8H19NO4S2. The summed E-state index contributed by atoms with van der Waals surface area (Å²) in [5.41, 5.74) is 0.